The van der Waals surface area contributed by atoms with Gasteiger partial charge in [0.25, 0.3) is 0 Å². The fraction of sp³-hybridized carbons (Fsp3) is 0.700. The maximum absolute atomic E-state index is 11.2. The van der Waals surface area contributed by atoms with E-state index < -0.39 is 5.60 Å². The molecule has 3 aliphatic heterocycles. The lowest BCUT2D eigenvalue weighted by Crippen LogP contribution is -2.60. The SMILES string of the molecule is CC1(C)OB(c2cccc(CC3(O)CC4COCC(C3)N4)c2)OC1(C)C. The van der Waals surface area contributed by atoms with Crippen molar-refractivity contribution < 1.29 is 19.2 Å². The summed E-state index contributed by atoms with van der Waals surface area (Å²) in [7, 11) is -0.365. The number of nitrogens with one attached hydrogen (secondary N) is 1. The van der Waals surface area contributed by atoms with Crippen LogP contribution in [0, 0.1) is 0 Å². The van der Waals surface area contributed by atoms with Gasteiger partial charge >= 0.3 is 7.12 Å². The van der Waals surface area contributed by atoms with Crippen molar-refractivity contribution in [1.82, 2.24) is 5.32 Å². The molecule has 2 bridgehead atoms. The summed E-state index contributed by atoms with van der Waals surface area (Å²) in [6.45, 7) is 9.63. The summed E-state index contributed by atoms with van der Waals surface area (Å²) < 4.78 is 17.9. The normalized spacial score (nSPS) is 35.5. The molecule has 4 rings (SSSR count). The molecule has 3 fully saturated rings. The number of benzene rings is 1. The van der Waals surface area contributed by atoms with Gasteiger partial charge in [0, 0.05) is 18.5 Å². The van der Waals surface area contributed by atoms with Gasteiger partial charge < -0.3 is 24.5 Å². The van der Waals surface area contributed by atoms with Crippen molar-refractivity contribution in [2.75, 3.05) is 13.2 Å². The molecular formula is C20H30BNO4. The summed E-state index contributed by atoms with van der Waals surface area (Å²) in [6.07, 6.45) is 2.10. The van der Waals surface area contributed by atoms with Gasteiger partial charge in [0.2, 0.25) is 0 Å². The maximum atomic E-state index is 11.2. The molecule has 3 saturated heterocycles. The molecule has 142 valence electrons. The Hall–Kier alpha value is -0.915. The van der Waals surface area contributed by atoms with Crippen LogP contribution in [-0.4, -0.2) is 54.3 Å². The number of hydrogen-bond donors (Lipinski definition) is 2. The van der Waals surface area contributed by atoms with E-state index in [4.69, 9.17) is 14.0 Å². The van der Waals surface area contributed by atoms with E-state index in [0.29, 0.717) is 19.6 Å². The first kappa shape index (κ1) is 18.4. The van der Waals surface area contributed by atoms with Crippen LogP contribution in [0.25, 0.3) is 0 Å². The van der Waals surface area contributed by atoms with E-state index in [1.54, 1.807) is 0 Å². The number of aliphatic hydroxyl groups is 1. The monoisotopic (exact) mass is 359 g/mol. The molecule has 0 aliphatic carbocycles. The Kier molecular flexibility index (Phi) is 4.48. The van der Waals surface area contributed by atoms with E-state index in [0.717, 1.165) is 23.9 Å². The molecule has 0 spiro atoms. The number of rotatable bonds is 3. The van der Waals surface area contributed by atoms with Crippen molar-refractivity contribution >= 4 is 12.6 Å². The Bertz CT molecular complexity index is 650. The Morgan fingerprint density at radius 2 is 1.69 bits per heavy atom. The lowest BCUT2D eigenvalue weighted by molar-refractivity contribution is -0.0755. The van der Waals surface area contributed by atoms with Gasteiger partial charge in [0.05, 0.1) is 30.0 Å². The Morgan fingerprint density at radius 3 is 2.31 bits per heavy atom. The summed E-state index contributed by atoms with van der Waals surface area (Å²) in [5.74, 6) is 0. The van der Waals surface area contributed by atoms with E-state index in [-0.39, 0.29) is 30.4 Å². The van der Waals surface area contributed by atoms with Crippen molar-refractivity contribution in [3.63, 3.8) is 0 Å². The van der Waals surface area contributed by atoms with Crippen LogP contribution in [0.5, 0.6) is 0 Å². The van der Waals surface area contributed by atoms with Crippen LogP contribution in [0.4, 0.5) is 0 Å². The average Bonchev–Trinajstić information content (AvgIpc) is 2.75. The second kappa shape index (κ2) is 6.31. The number of piperidine rings is 1. The molecule has 0 radical (unpaired) electrons. The molecular weight excluding hydrogens is 329 g/mol. The Balaban J connectivity index is 1.50. The average molecular weight is 359 g/mol. The number of ether oxygens (including phenoxy) is 1. The summed E-state index contributed by atoms with van der Waals surface area (Å²) in [6, 6.07) is 8.78. The fourth-order valence-corrected chi connectivity index (χ4v) is 4.37. The Morgan fingerprint density at radius 1 is 1.08 bits per heavy atom. The van der Waals surface area contributed by atoms with Crippen LogP contribution in [0.15, 0.2) is 24.3 Å². The predicted octanol–water partition coefficient (Wildman–Crippen LogP) is 1.41. The van der Waals surface area contributed by atoms with Crippen molar-refractivity contribution in [3.8, 4) is 0 Å². The molecule has 1 aromatic rings. The molecule has 6 heteroatoms. The van der Waals surface area contributed by atoms with E-state index >= 15 is 0 Å². The van der Waals surface area contributed by atoms with Crippen LogP contribution >= 0.6 is 0 Å². The minimum absolute atomic E-state index is 0.249. The topological polar surface area (TPSA) is 60.0 Å². The van der Waals surface area contributed by atoms with E-state index in [1.165, 1.54) is 0 Å². The van der Waals surface area contributed by atoms with E-state index in [2.05, 4.69) is 45.1 Å². The van der Waals surface area contributed by atoms with Gasteiger partial charge in [0.1, 0.15) is 0 Å². The largest absolute Gasteiger partial charge is 0.494 e. The van der Waals surface area contributed by atoms with Crippen molar-refractivity contribution in [1.29, 1.82) is 0 Å². The second-order valence-electron chi connectivity index (χ2n) is 9.24. The van der Waals surface area contributed by atoms with Crippen LogP contribution in [0.2, 0.25) is 0 Å². The van der Waals surface area contributed by atoms with Gasteiger partial charge in [-0.25, -0.2) is 0 Å². The van der Waals surface area contributed by atoms with Crippen LogP contribution in [0.1, 0.15) is 46.1 Å². The number of morpholine rings is 1. The second-order valence-corrected chi connectivity index (χ2v) is 9.24. The molecule has 0 amide bonds. The molecule has 1 aromatic carbocycles. The molecule has 2 N–H and O–H groups in total. The molecule has 26 heavy (non-hydrogen) atoms. The highest BCUT2D eigenvalue weighted by atomic mass is 16.7. The first-order valence-electron chi connectivity index (χ1n) is 9.67. The quantitative estimate of drug-likeness (QED) is 0.800. The zero-order chi connectivity index (χ0) is 18.6. The highest BCUT2D eigenvalue weighted by Gasteiger charge is 2.51. The summed E-state index contributed by atoms with van der Waals surface area (Å²) in [5.41, 5.74) is 0.762. The predicted molar refractivity (Wildman–Crippen MR) is 102 cm³/mol. The zero-order valence-electron chi connectivity index (χ0n) is 16.2. The molecule has 3 heterocycles. The lowest BCUT2D eigenvalue weighted by Gasteiger charge is -2.45. The van der Waals surface area contributed by atoms with Crippen LogP contribution in [0.3, 0.4) is 0 Å². The number of hydrogen-bond acceptors (Lipinski definition) is 5. The highest BCUT2D eigenvalue weighted by Crippen LogP contribution is 2.36. The molecule has 2 unspecified atom stereocenters. The first-order chi connectivity index (χ1) is 12.2. The third-order valence-corrected chi connectivity index (χ3v) is 6.37. The summed E-state index contributed by atoms with van der Waals surface area (Å²) in [4.78, 5) is 0. The van der Waals surface area contributed by atoms with Gasteiger partial charge in [-0.3, -0.25) is 0 Å². The minimum atomic E-state index is -0.682. The molecule has 2 atom stereocenters. The van der Waals surface area contributed by atoms with Crippen LogP contribution < -0.4 is 10.8 Å². The highest BCUT2D eigenvalue weighted by molar-refractivity contribution is 6.62. The summed E-state index contributed by atoms with van der Waals surface area (Å²) in [5, 5.41) is 14.7. The van der Waals surface area contributed by atoms with Gasteiger partial charge in [-0.15, -0.1) is 0 Å². The molecule has 3 aliphatic rings. The van der Waals surface area contributed by atoms with Crippen molar-refractivity contribution in [3.05, 3.63) is 29.8 Å². The van der Waals surface area contributed by atoms with Gasteiger partial charge in [-0.1, -0.05) is 24.3 Å². The van der Waals surface area contributed by atoms with Crippen molar-refractivity contribution in [2.45, 2.75) is 75.8 Å². The van der Waals surface area contributed by atoms with Crippen molar-refractivity contribution in [2.24, 2.45) is 0 Å². The third-order valence-electron chi connectivity index (χ3n) is 6.37. The van der Waals surface area contributed by atoms with Gasteiger partial charge in [-0.2, -0.15) is 0 Å². The molecule has 0 aromatic heterocycles. The minimum Gasteiger partial charge on any atom is -0.399 e. The zero-order valence-corrected chi connectivity index (χ0v) is 16.2. The smallest absolute Gasteiger partial charge is 0.399 e. The first-order valence-corrected chi connectivity index (χ1v) is 9.67. The summed E-state index contributed by atoms with van der Waals surface area (Å²) >= 11 is 0. The van der Waals surface area contributed by atoms with Crippen LogP contribution in [-0.2, 0) is 20.5 Å². The number of fused-ring (bicyclic) bond motifs is 2. The van der Waals surface area contributed by atoms with E-state index in [9.17, 15) is 5.11 Å². The van der Waals surface area contributed by atoms with E-state index in [1.807, 2.05) is 12.1 Å². The fourth-order valence-electron chi connectivity index (χ4n) is 4.37. The molecule has 5 nitrogen and oxygen atoms in total. The maximum Gasteiger partial charge on any atom is 0.494 e. The third kappa shape index (κ3) is 3.46. The Labute approximate surface area is 156 Å². The molecule has 0 saturated carbocycles. The van der Waals surface area contributed by atoms with Gasteiger partial charge in [0.15, 0.2) is 0 Å². The van der Waals surface area contributed by atoms with Gasteiger partial charge in [-0.05, 0) is 51.6 Å². The standard InChI is InChI=1S/C20H30BNO4/c1-18(2)19(3,4)26-21(25-18)15-7-5-6-14(8-15)9-20(23)10-16-12-24-13-17(11-20)22-16/h5-8,16-17,22-23H,9-13H2,1-4H3. The lowest BCUT2D eigenvalue weighted by atomic mass is 9.75.